The van der Waals surface area contributed by atoms with E-state index in [1.807, 2.05) is 12.7 Å². The summed E-state index contributed by atoms with van der Waals surface area (Å²) in [6.07, 6.45) is 0.850. The lowest BCUT2D eigenvalue weighted by molar-refractivity contribution is -0.385. The van der Waals surface area contributed by atoms with Crippen LogP contribution in [0.15, 0.2) is 12.1 Å². The van der Waals surface area contributed by atoms with Crippen molar-refractivity contribution >= 4 is 41.1 Å². The summed E-state index contributed by atoms with van der Waals surface area (Å²) < 4.78 is 0. The summed E-state index contributed by atoms with van der Waals surface area (Å²) in [6, 6.07) is 4.81. The number of nitro groups is 1. The van der Waals surface area contributed by atoms with E-state index in [9.17, 15) is 20.2 Å². The third-order valence-electron chi connectivity index (χ3n) is 5.54. The summed E-state index contributed by atoms with van der Waals surface area (Å²) in [5.74, 6) is -0.401. The maximum atomic E-state index is 13.2. The number of likely N-dealkylation sites (N-methyl/N-ethyl adjacent to an activating group) is 2. The monoisotopic (exact) mass is 492 g/mol. The SMILES string of the molecule is BCCN(CCBr)c1cc(C(=O)N(C)CCN2CCN(C)CC2)c([N+](=O)[O-])cc1C#N. The van der Waals surface area contributed by atoms with Crippen molar-refractivity contribution < 1.29 is 9.72 Å². The number of hydrogen-bond donors (Lipinski definition) is 0. The molecule has 0 atom stereocenters. The molecule has 0 radical (unpaired) electrons. The van der Waals surface area contributed by atoms with Crippen LogP contribution in [-0.4, -0.2) is 105 Å². The third kappa shape index (κ3) is 6.66. The van der Waals surface area contributed by atoms with Crippen molar-refractivity contribution in [3.63, 3.8) is 0 Å². The Balaban J connectivity index is 2.29. The first-order valence-corrected chi connectivity index (χ1v) is 11.6. The number of carbonyl (C=O) groups excluding carboxylic acids is 1. The Kier molecular flexibility index (Phi) is 9.74. The average molecular weight is 493 g/mol. The highest BCUT2D eigenvalue weighted by Gasteiger charge is 2.27. The van der Waals surface area contributed by atoms with Crippen molar-refractivity contribution in [3.8, 4) is 6.07 Å². The number of rotatable bonds is 10. The van der Waals surface area contributed by atoms with Gasteiger partial charge in [0, 0.05) is 70.8 Å². The van der Waals surface area contributed by atoms with Gasteiger partial charge in [-0.2, -0.15) is 5.26 Å². The van der Waals surface area contributed by atoms with E-state index in [4.69, 9.17) is 0 Å². The van der Waals surface area contributed by atoms with Crippen molar-refractivity contribution in [2.24, 2.45) is 0 Å². The Morgan fingerprint density at radius 2 is 1.97 bits per heavy atom. The number of nitro benzene ring substituents is 1. The van der Waals surface area contributed by atoms with Crippen LogP contribution in [-0.2, 0) is 0 Å². The van der Waals surface area contributed by atoms with Gasteiger partial charge in [0.05, 0.1) is 16.2 Å². The van der Waals surface area contributed by atoms with Crippen molar-refractivity contribution in [2.45, 2.75) is 6.32 Å². The Morgan fingerprint density at radius 1 is 1.29 bits per heavy atom. The Bertz CT molecular complexity index is 820. The zero-order valence-electron chi connectivity index (χ0n) is 18.5. The maximum absolute atomic E-state index is 13.2. The summed E-state index contributed by atoms with van der Waals surface area (Å²) in [6.45, 7) is 6.38. The molecule has 1 saturated heterocycles. The minimum atomic E-state index is -0.583. The van der Waals surface area contributed by atoms with E-state index in [1.54, 1.807) is 7.05 Å². The molecule has 0 saturated carbocycles. The van der Waals surface area contributed by atoms with Gasteiger partial charge >= 0.3 is 0 Å². The number of carbonyl (C=O) groups is 1. The van der Waals surface area contributed by atoms with Crippen molar-refractivity contribution in [3.05, 3.63) is 33.4 Å². The fourth-order valence-corrected chi connectivity index (χ4v) is 4.07. The number of amides is 1. The number of alkyl halides is 1. The molecule has 0 bridgehead atoms. The van der Waals surface area contributed by atoms with Gasteiger partial charge in [-0.15, -0.1) is 0 Å². The molecule has 1 amide bonds. The van der Waals surface area contributed by atoms with E-state index < -0.39 is 10.8 Å². The van der Waals surface area contributed by atoms with Gasteiger partial charge in [0.2, 0.25) is 0 Å². The number of hydrogen-bond acceptors (Lipinski definition) is 7. The van der Waals surface area contributed by atoms with Crippen molar-refractivity contribution in [2.75, 3.05) is 76.7 Å². The van der Waals surface area contributed by atoms with E-state index in [1.165, 1.54) is 17.0 Å². The van der Waals surface area contributed by atoms with Gasteiger partial charge in [0.1, 0.15) is 19.5 Å². The molecular weight excluding hydrogens is 463 g/mol. The molecule has 0 N–H and O–H groups in total. The van der Waals surface area contributed by atoms with Crippen molar-refractivity contribution in [1.29, 1.82) is 5.26 Å². The second-order valence-corrected chi connectivity index (χ2v) is 8.60. The van der Waals surface area contributed by atoms with E-state index >= 15 is 0 Å². The first kappa shape index (κ1) is 25.1. The molecule has 0 aromatic heterocycles. The summed E-state index contributed by atoms with van der Waals surface area (Å²) in [4.78, 5) is 32.3. The minimum absolute atomic E-state index is 0.0237. The summed E-state index contributed by atoms with van der Waals surface area (Å²) >= 11 is 3.42. The van der Waals surface area contributed by atoms with Crippen LogP contribution in [0.2, 0.25) is 6.32 Å². The molecule has 31 heavy (non-hydrogen) atoms. The topological polar surface area (TPSA) is 97.0 Å². The molecule has 1 aliphatic heterocycles. The van der Waals surface area contributed by atoms with Crippen LogP contribution in [0.1, 0.15) is 15.9 Å². The summed E-state index contributed by atoms with van der Waals surface area (Å²) in [5, 5.41) is 21.9. The highest BCUT2D eigenvalue weighted by atomic mass is 79.9. The predicted octanol–water partition coefficient (Wildman–Crippen LogP) is 1.04. The van der Waals surface area contributed by atoms with Gasteiger partial charge in [0.25, 0.3) is 11.6 Å². The highest BCUT2D eigenvalue weighted by molar-refractivity contribution is 9.09. The predicted molar refractivity (Wildman–Crippen MR) is 128 cm³/mol. The molecule has 1 fully saturated rings. The van der Waals surface area contributed by atoms with Crippen LogP contribution < -0.4 is 4.90 Å². The second-order valence-electron chi connectivity index (χ2n) is 7.80. The molecule has 11 heteroatoms. The molecule has 168 valence electrons. The van der Waals surface area contributed by atoms with Gasteiger partial charge < -0.3 is 14.7 Å². The van der Waals surface area contributed by atoms with Gasteiger partial charge in [-0.1, -0.05) is 22.3 Å². The maximum Gasteiger partial charge on any atom is 0.283 e. The van der Waals surface area contributed by atoms with E-state index in [0.29, 0.717) is 30.7 Å². The molecule has 0 spiro atoms. The lowest BCUT2D eigenvalue weighted by Gasteiger charge is -2.33. The number of halogens is 1. The number of piperazine rings is 1. The number of nitriles is 1. The van der Waals surface area contributed by atoms with E-state index in [2.05, 4.69) is 38.8 Å². The lowest BCUT2D eigenvalue weighted by atomic mass is 10.0. The third-order valence-corrected chi connectivity index (χ3v) is 5.90. The molecular formula is C20H30BBrN6O3. The molecule has 9 nitrogen and oxygen atoms in total. The number of nitrogens with zero attached hydrogens (tertiary/aromatic N) is 6. The van der Waals surface area contributed by atoms with Gasteiger partial charge in [0.15, 0.2) is 0 Å². The van der Waals surface area contributed by atoms with Gasteiger partial charge in [-0.25, -0.2) is 0 Å². The fourth-order valence-electron chi connectivity index (χ4n) is 3.65. The average Bonchev–Trinajstić information content (AvgIpc) is 2.76. The molecule has 0 aliphatic carbocycles. The minimum Gasteiger partial charge on any atom is -0.370 e. The first-order chi connectivity index (χ1) is 14.8. The lowest BCUT2D eigenvalue weighted by Crippen LogP contribution is -2.47. The normalized spacial score (nSPS) is 14.8. The van der Waals surface area contributed by atoms with Crippen LogP contribution in [0.25, 0.3) is 0 Å². The van der Waals surface area contributed by atoms with Crippen LogP contribution in [0.4, 0.5) is 11.4 Å². The van der Waals surface area contributed by atoms with Gasteiger partial charge in [-0.3, -0.25) is 19.8 Å². The standard InChI is InChI=1S/C20H30BBrN6O3/c1-24-7-10-26(11-8-24)12-9-25(2)20(29)17-14-18(27(5-3-21)6-4-22)16(15-23)13-19(17)28(30)31/h13-14H,3-12,21H2,1-2H3. The summed E-state index contributed by atoms with van der Waals surface area (Å²) in [5.41, 5.74) is 0.463. The zero-order chi connectivity index (χ0) is 23.0. The largest absolute Gasteiger partial charge is 0.370 e. The number of benzene rings is 1. The van der Waals surface area contributed by atoms with E-state index in [-0.39, 0.29) is 16.8 Å². The Hall–Kier alpha value is -2.16. The molecule has 1 heterocycles. The summed E-state index contributed by atoms with van der Waals surface area (Å²) in [7, 11) is 5.78. The second kappa shape index (κ2) is 12.0. The number of anilines is 1. The Labute approximate surface area is 193 Å². The zero-order valence-corrected chi connectivity index (χ0v) is 20.1. The molecule has 1 aliphatic rings. The molecule has 1 aromatic carbocycles. The van der Waals surface area contributed by atoms with Crippen LogP contribution in [0, 0.1) is 21.4 Å². The molecule has 0 unspecified atom stereocenters. The van der Waals surface area contributed by atoms with Crippen molar-refractivity contribution in [1.82, 2.24) is 14.7 Å². The Morgan fingerprint density at radius 3 is 2.52 bits per heavy atom. The smallest absolute Gasteiger partial charge is 0.283 e. The van der Waals surface area contributed by atoms with E-state index in [0.717, 1.165) is 39.0 Å². The molecule has 2 rings (SSSR count). The fraction of sp³-hybridized carbons (Fsp3) is 0.600. The van der Waals surface area contributed by atoms with Crippen LogP contribution >= 0.6 is 15.9 Å². The van der Waals surface area contributed by atoms with Crippen LogP contribution in [0.5, 0.6) is 0 Å². The quantitative estimate of drug-likeness (QED) is 0.208. The first-order valence-electron chi connectivity index (χ1n) is 10.5. The van der Waals surface area contributed by atoms with Gasteiger partial charge in [-0.05, 0) is 13.1 Å². The highest BCUT2D eigenvalue weighted by Crippen LogP contribution is 2.30. The van der Waals surface area contributed by atoms with Crippen LogP contribution in [0.3, 0.4) is 0 Å². The molecule has 1 aromatic rings.